The lowest BCUT2D eigenvalue weighted by Crippen LogP contribution is -2.40. The molecule has 3 aromatic rings. The minimum Gasteiger partial charge on any atom is -0.356 e. The number of halogens is 1. The van der Waals surface area contributed by atoms with E-state index in [2.05, 4.69) is 36.7 Å². The highest BCUT2D eigenvalue weighted by Gasteiger charge is 2.26. The third kappa shape index (κ3) is 4.45. The number of pyridine rings is 1. The van der Waals surface area contributed by atoms with E-state index in [9.17, 15) is 0 Å². The molecule has 0 radical (unpaired) electrons. The largest absolute Gasteiger partial charge is 0.356 e. The van der Waals surface area contributed by atoms with Crippen molar-refractivity contribution >= 4 is 35.6 Å². The third-order valence-electron chi connectivity index (χ3n) is 5.14. The summed E-state index contributed by atoms with van der Waals surface area (Å²) in [7, 11) is 3.82. The number of rotatable bonds is 5. The lowest BCUT2D eigenvalue weighted by atomic mass is 10.0. The number of nitrogens with zero attached hydrogens (tertiary/aromatic N) is 7. The zero-order valence-corrected chi connectivity index (χ0v) is 18.7. The van der Waals surface area contributed by atoms with Crippen molar-refractivity contribution in [3.8, 4) is 0 Å². The maximum atomic E-state index is 4.47. The molecule has 8 nitrogen and oxygen atoms in total. The first-order chi connectivity index (χ1) is 13.2. The summed E-state index contributed by atoms with van der Waals surface area (Å²) in [5.41, 5.74) is 2.21. The van der Waals surface area contributed by atoms with Gasteiger partial charge in [0.05, 0.1) is 6.20 Å². The Hall–Kier alpha value is -2.17. The molecule has 0 saturated carbocycles. The molecule has 0 aliphatic carbocycles. The second kappa shape index (κ2) is 9.35. The molecule has 1 aliphatic rings. The Morgan fingerprint density at radius 3 is 3.00 bits per heavy atom. The minimum atomic E-state index is 0. The van der Waals surface area contributed by atoms with Gasteiger partial charge >= 0.3 is 0 Å². The van der Waals surface area contributed by atoms with Crippen LogP contribution in [0.4, 0.5) is 0 Å². The molecule has 1 N–H and O–H groups in total. The summed E-state index contributed by atoms with van der Waals surface area (Å²) in [6.45, 7) is 2.87. The number of guanidine groups is 1. The van der Waals surface area contributed by atoms with Gasteiger partial charge in [-0.15, -0.1) is 34.2 Å². The number of aryl methyl sites for hydroxylation is 2. The molecule has 0 amide bonds. The van der Waals surface area contributed by atoms with Crippen LogP contribution in [0.2, 0.25) is 0 Å². The standard InChI is InChI=1S/C19H26N8.HI/c1-20-19(26-11-8-15(14-26)16-12-22-25(2)13-16)21-9-5-7-18-24-23-17-6-3-4-10-27(17)18;/h3-4,6,10,12-13,15H,5,7-9,11,14H2,1-2H3,(H,20,21);1H. The van der Waals surface area contributed by atoms with E-state index in [0.29, 0.717) is 5.92 Å². The van der Waals surface area contributed by atoms with E-state index < -0.39 is 0 Å². The van der Waals surface area contributed by atoms with Gasteiger partial charge in [-0.3, -0.25) is 14.1 Å². The summed E-state index contributed by atoms with van der Waals surface area (Å²) < 4.78 is 3.92. The molecule has 1 aliphatic heterocycles. The van der Waals surface area contributed by atoms with E-state index in [4.69, 9.17) is 0 Å². The fourth-order valence-electron chi connectivity index (χ4n) is 3.72. The van der Waals surface area contributed by atoms with Crippen LogP contribution in [0.1, 0.15) is 30.1 Å². The van der Waals surface area contributed by atoms with Crippen LogP contribution in [0.3, 0.4) is 0 Å². The van der Waals surface area contributed by atoms with Crippen molar-refractivity contribution in [2.45, 2.75) is 25.2 Å². The average Bonchev–Trinajstić information content (AvgIpc) is 3.41. The van der Waals surface area contributed by atoms with Gasteiger partial charge in [0, 0.05) is 58.5 Å². The molecule has 1 atom stereocenters. The van der Waals surface area contributed by atoms with Crippen molar-refractivity contribution in [1.82, 2.24) is 34.6 Å². The van der Waals surface area contributed by atoms with E-state index >= 15 is 0 Å². The van der Waals surface area contributed by atoms with Crippen molar-refractivity contribution in [2.24, 2.45) is 12.0 Å². The minimum absolute atomic E-state index is 0. The highest BCUT2D eigenvalue weighted by Crippen LogP contribution is 2.26. The van der Waals surface area contributed by atoms with Crippen LogP contribution in [0.5, 0.6) is 0 Å². The van der Waals surface area contributed by atoms with Gasteiger partial charge in [0.15, 0.2) is 11.6 Å². The van der Waals surface area contributed by atoms with E-state index in [1.807, 2.05) is 53.8 Å². The predicted molar refractivity (Wildman–Crippen MR) is 120 cm³/mol. The Kier molecular flexibility index (Phi) is 6.87. The maximum absolute atomic E-state index is 4.47. The molecule has 4 rings (SSSR count). The summed E-state index contributed by atoms with van der Waals surface area (Å²) in [6, 6.07) is 5.96. The molecular weight excluding hydrogens is 467 g/mol. The molecule has 3 aromatic heterocycles. The van der Waals surface area contributed by atoms with Gasteiger partial charge < -0.3 is 10.2 Å². The van der Waals surface area contributed by atoms with Crippen LogP contribution in [0.15, 0.2) is 41.8 Å². The second-order valence-electron chi connectivity index (χ2n) is 7.00. The quantitative estimate of drug-likeness (QED) is 0.255. The summed E-state index contributed by atoms with van der Waals surface area (Å²) >= 11 is 0. The van der Waals surface area contributed by atoms with Gasteiger partial charge in [0.1, 0.15) is 5.82 Å². The van der Waals surface area contributed by atoms with Crippen molar-refractivity contribution in [2.75, 3.05) is 26.7 Å². The second-order valence-corrected chi connectivity index (χ2v) is 7.00. The molecule has 28 heavy (non-hydrogen) atoms. The molecule has 0 bridgehead atoms. The lowest BCUT2D eigenvalue weighted by Gasteiger charge is -2.21. The van der Waals surface area contributed by atoms with Crippen LogP contribution in [-0.4, -0.2) is 61.9 Å². The molecule has 1 fully saturated rings. The van der Waals surface area contributed by atoms with Crippen molar-refractivity contribution in [3.05, 3.63) is 48.2 Å². The molecule has 0 aromatic carbocycles. The van der Waals surface area contributed by atoms with E-state index in [0.717, 1.165) is 56.3 Å². The van der Waals surface area contributed by atoms with Crippen molar-refractivity contribution < 1.29 is 0 Å². The smallest absolute Gasteiger partial charge is 0.193 e. The molecule has 4 heterocycles. The van der Waals surface area contributed by atoms with Crippen LogP contribution in [0.25, 0.3) is 5.65 Å². The van der Waals surface area contributed by atoms with Crippen LogP contribution in [-0.2, 0) is 13.5 Å². The number of fused-ring (bicyclic) bond motifs is 1. The Bertz CT molecular complexity index is 931. The number of hydrogen-bond acceptors (Lipinski definition) is 4. The Morgan fingerprint density at radius 2 is 2.21 bits per heavy atom. The zero-order chi connectivity index (χ0) is 18.6. The zero-order valence-electron chi connectivity index (χ0n) is 16.3. The van der Waals surface area contributed by atoms with Gasteiger partial charge in [-0.25, -0.2) is 0 Å². The fraction of sp³-hybridized carbons (Fsp3) is 0.474. The predicted octanol–water partition coefficient (Wildman–Crippen LogP) is 2.08. The third-order valence-corrected chi connectivity index (χ3v) is 5.14. The fourth-order valence-corrected chi connectivity index (χ4v) is 3.72. The highest BCUT2D eigenvalue weighted by atomic mass is 127. The molecule has 0 spiro atoms. The van der Waals surface area contributed by atoms with Gasteiger partial charge in [-0.05, 0) is 30.5 Å². The summed E-state index contributed by atoms with van der Waals surface area (Å²) in [5.74, 6) is 2.51. The SMILES string of the molecule is CN=C(NCCCc1nnc2ccccn12)N1CCC(c2cnn(C)c2)C1.I. The first-order valence-corrected chi connectivity index (χ1v) is 9.47. The normalized spacial score (nSPS) is 17.1. The van der Waals surface area contributed by atoms with Gasteiger partial charge in [0.2, 0.25) is 0 Å². The van der Waals surface area contributed by atoms with Crippen LogP contribution < -0.4 is 5.32 Å². The van der Waals surface area contributed by atoms with Crippen LogP contribution >= 0.6 is 24.0 Å². The topological polar surface area (TPSA) is 75.6 Å². The number of aromatic nitrogens is 5. The number of hydrogen-bond donors (Lipinski definition) is 1. The molecule has 1 saturated heterocycles. The number of likely N-dealkylation sites (tertiary alicyclic amines) is 1. The van der Waals surface area contributed by atoms with Gasteiger partial charge in [-0.2, -0.15) is 5.10 Å². The molecular formula is C19H27IN8. The first-order valence-electron chi connectivity index (χ1n) is 9.47. The summed E-state index contributed by atoms with van der Waals surface area (Å²) in [5, 5.41) is 16.3. The van der Waals surface area contributed by atoms with Crippen LogP contribution in [0, 0.1) is 0 Å². The van der Waals surface area contributed by atoms with E-state index in [1.165, 1.54) is 5.56 Å². The average molecular weight is 494 g/mol. The lowest BCUT2D eigenvalue weighted by molar-refractivity contribution is 0.484. The monoisotopic (exact) mass is 494 g/mol. The summed E-state index contributed by atoms with van der Waals surface area (Å²) in [4.78, 5) is 6.80. The molecule has 9 heteroatoms. The first kappa shape index (κ1) is 20.6. The Morgan fingerprint density at radius 1 is 1.32 bits per heavy atom. The molecule has 1 unspecified atom stereocenters. The van der Waals surface area contributed by atoms with Gasteiger partial charge in [-0.1, -0.05) is 6.07 Å². The molecule has 150 valence electrons. The Labute approximate surface area is 182 Å². The van der Waals surface area contributed by atoms with E-state index in [-0.39, 0.29) is 24.0 Å². The number of nitrogens with one attached hydrogen (secondary N) is 1. The van der Waals surface area contributed by atoms with Crippen molar-refractivity contribution in [1.29, 1.82) is 0 Å². The maximum Gasteiger partial charge on any atom is 0.193 e. The van der Waals surface area contributed by atoms with E-state index in [1.54, 1.807) is 0 Å². The summed E-state index contributed by atoms with van der Waals surface area (Å²) in [6.07, 6.45) is 9.11. The van der Waals surface area contributed by atoms with Gasteiger partial charge in [0.25, 0.3) is 0 Å². The number of aliphatic imine (C=N–C) groups is 1. The highest BCUT2D eigenvalue weighted by molar-refractivity contribution is 14.0. The Balaban J connectivity index is 0.00000225. The van der Waals surface area contributed by atoms with Crippen molar-refractivity contribution in [3.63, 3.8) is 0 Å².